The van der Waals surface area contributed by atoms with E-state index in [1.54, 1.807) is 0 Å². The number of nitrogens with zero attached hydrogens (tertiary/aromatic N) is 1. The molecule has 1 nitrogen and oxygen atoms in total. The van der Waals surface area contributed by atoms with Crippen molar-refractivity contribution in [2.24, 2.45) is 0 Å². The number of hydrogen-bond acceptors (Lipinski definition) is 2. The van der Waals surface area contributed by atoms with Crippen LogP contribution in [0.3, 0.4) is 0 Å². The highest BCUT2D eigenvalue weighted by atomic mass is 32.1. The number of anilines is 3. The Hall–Kier alpha value is -5.44. The largest absolute Gasteiger partial charge is 0.310 e. The molecule has 0 aliphatic rings. The van der Waals surface area contributed by atoms with Crippen LogP contribution in [0.25, 0.3) is 53.6 Å². The predicted molar refractivity (Wildman–Crippen MR) is 190 cm³/mol. The van der Waals surface area contributed by atoms with Crippen LogP contribution in [0.4, 0.5) is 17.1 Å². The van der Waals surface area contributed by atoms with Crippen LogP contribution in [-0.4, -0.2) is 0 Å². The summed E-state index contributed by atoms with van der Waals surface area (Å²) in [6, 6.07) is 63.3. The Labute approximate surface area is 261 Å². The van der Waals surface area contributed by atoms with Gasteiger partial charge in [-0.15, -0.1) is 11.3 Å². The minimum absolute atomic E-state index is 1.12. The topological polar surface area (TPSA) is 3.24 Å². The summed E-state index contributed by atoms with van der Waals surface area (Å²) in [7, 11) is 0. The van der Waals surface area contributed by atoms with Crippen molar-refractivity contribution in [1.29, 1.82) is 0 Å². The molecular weight excluding hydrogens is 551 g/mol. The number of rotatable bonds is 6. The average Bonchev–Trinajstić information content (AvgIpc) is 3.47. The van der Waals surface area contributed by atoms with Gasteiger partial charge in [-0.25, -0.2) is 0 Å². The monoisotopic (exact) mass is 579 g/mol. The SMILES string of the molecule is c1ccc(-c2ccc(-c3ccc(N(c4ccccc4)c4cc5sc6ccccc6c5cc4-c4ccccc4)cc3)cc2)cc1. The van der Waals surface area contributed by atoms with Crippen molar-refractivity contribution in [3.8, 4) is 33.4 Å². The van der Waals surface area contributed by atoms with Gasteiger partial charge in [0.15, 0.2) is 0 Å². The first-order valence-corrected chi connectivity index (χ1v) is 15.8. The van der Waals surface area contributed by atoms with Crippen molar-refractivity contribution < 1.29 is 0 Å². The van der Waals surface area contributed by atoms with E-state index in [0.717, 1.165) is 11.4 Å². The molecule has 2 heteroatoms. The van der Waals surface area contributed by atoms with E-state index in [4.69, 9.17) is 0 Å². The maximum atomic E-state index is 2.40. The van der Waals surface area contributed by atoms with E-state index in [1.165, 1.54) is 59.2 Å². The summed E-state index contributed by atoms with van der Waals surface area (Å²) in [5.41, 5.74) is 10.7. The van der Waals surface area contributed by atoms with E-state index in [2.05, 4.69) is 181 Å². The number of benzene rings is 7. The van der Waals surface area contributed by atoms with Crippen LogP contribution < -0.4 is 4.90 Å². The summed E-state index contributed by atoms with van der Waals surface area (Å²) in [6.45, 7) is 0. The minimum atomic E-state index is 1.12. The predicted octanol–water partition coefficient (Wildman–Crippen LogP) is 12.5. The quantitative estimate of drug-likeness (QED) is 0.189. The van der Waals surface area contributed by atoms with Crippen molar-refractivity contribution in [1.82, 2.24) is 0 Å². The molecule has 0 unspecified atom stereocenters. The number of para-hydroxylation sites is 1. The van der Waals surface area contributed by atoms with Crippen molar-refractivity contribution in [3.05, 3.63) is 176 Å². The standard InChI is InChI=1S/C42H29NS/c1-4-12-30(13-5-1)31-20-22-32(23-21-31)33-24-26-36(27-25-33)43(35-16-8-3-9-17-35)40-29-42-39(37-18-10-11-19-41(37)44-42)28-38(40)34-14-6-2-7-15-34/h1-29H. The lowest BCUT2D eigenvalue weighted by molar-refractivity contribution is 1.29. The Kier molecular flexibility index (Phi) is 6.75. The van der Waals surface area contributed by atoms with E-state index >= 15 is 0 Å². The molecule has 0 aliphatic heterocycles. The van der Waals surface area contributed by atoms with E-state index < -0.39 is 0 Å². The second kappa shape index (κ2) is 11.3. The molecule has 44 heavy (non-hydrogen) atoms. The van der Waals surface area contributed by atoms with Crippen molar-refractivity contribution in [2.45, 2.75) is 0 Å². The molecule has 0 saturated heterocycles. The summed E-state index contributed by atoms with van der Waals surface area (Å²) >= 11 is 1.86. The second-order valence-electron chi connectivity index (χ2n) is 11.0. The van der Waals surface area contributed by atoms with Crippen LogP contribution >= 0.6 is 11.3 Å². The van der Waals surface area contributed by atoms with Crippen molar-refractivity contribution in [2.75, 3.05) is 4.90 Å². The van der Waals surface area contributed by atoms with Crippen LogP contribution in [0.5, 0.6) is 0 Å². The van der Waals surface area contributed by atoms with Crippen LogP contribution in [-0.2, 0) is 0 Å². The van der Waals surface area contributed by atoms with Gasteiger partial charge in [-0.2, -0.15) is 0 Å². The molecule has 8 aromatic rings. The summed E-state index contributed by atoms with van der Waals surface area (Å²) in [5.74, 6) is 0. The minimum Gasteiger partial charge on any atom is -0.310 e. The van der Waals surface area contributed by atoms with E-state index in [-0.39, 0.29) is 0 Å². The second-order valence-corrected chi connectivity index (χ2v) is 12.1. The van der Waals surface area contributed by atoms with Gasteiger partial charge in [0, 0.05) is 37.1 Å². The highest BCUT2D eigenvalue weighted by molar-refractivity contribution is 7.25. The summed E-state index contributed by atoms with van der Waals surface area (Å²) in [5, 5.41) is 2.61. The lowest BCUT2D eigenvalue weighted by Gasteiger charge is -2.28. The molecule has 0 radical (unpaired) electrons. The molecule has 208 valence electrons. The third-order valence-electron chi connectivity index (χ3n) is 8.29. The molecule has 0 amide bonds. The van der Waals surface area contributed by atoms with Gasteiger partial charge in [-0.1, -0.05) is 133 Å². The van der Waals surface area contributed by atoms with Gasteiger partial charge in [-0.3, -0.25) is 0 Å². The zero-order valence-electron chi connectivity index (χ0n) is 24.1. The molecule has 0 atom stereocenters. The smallest absolute Gasteiger partial charge is 0.0554 e. The maximum Gasteiger partial charge on any atom is 0.0554 e. The zero-order chi connectivity index (χ0) is 29.3. The number of hydrogen-bond donors (Lipinski definition) is 0. The molecule has 0 fully saturated rings. The third-order valence-corrected chi connectivity index (χ3v) is 9.42. The lowest BCUT2D eigenvalue weighted by Crippen LogP contribution is -2.11. The summed E-state index contributed by atoms with van der Waals surface area (Å²) in [6.07, 6.45) is 0. The Morgan fingerprint density at radius 3 is 1.45 bits per heavy atom. The van der Waals surface area contributed by atoms with Gasteiger partial charge >= 0.3 is 0 Å². The Balaban J connectivity index is 1.26. The van der Waals surface area contributed by atoms with Crippen molar-refractivity contribution in [3.63, 3.8) is 0 Å². The van der Waals surface area contributed by atoms with E-state index in [9.17, 15) is 0 Å². The first-order valence-electron chi connectivity index (χ1n) is 14.9. The lowest BCUT2D eigenvalue weighted by atomic mass is 9.98. The van der Waals surface area contributed by atoms with Gasteiger partial charge in [0.05, 0.1) is 5.69 Å². The first kappa shape index (κ1) is 26.2. The molecule has 0 saturated carbocycles. The Morgan fingerprint density at radius 1 is 0.341 bits per heavy atom. The van der Waals surface area contributed by atoms with Crippen LogP contribution in [0.15, 0.2) is 176 Å². The molecule has 8 rings (SSSR count). The number of thiophene rings is 1. The fourth-order valence-corrected chi connectivity index (χ4v) is 7.21. The van der Waals surface area contributed by atoms with E-state index in [1.807, 2.05) is 11.3 Å². The van der Waals surface area contributed by atoms with Crippen LogP contribution in [0, 0.1) is 0 Å². The van der Waals surface area contributed by atoms with Gasteiger partial charge in [0.2, 0.25) is 0 Å². The van der Waals surface area contributed by atoms with Crippen LogP contribution in [0.2, 0.25) is 0 Å². The molecule has 0 aliphatic carbocycles. The summed E-state index contributed by atoms with van der Waals surface area (Å²) in [4.78, 5) is 2.40. The van der Waals surface area contributed by atoms with E-state index in [0.29, 0.717) is 0 Å². The van der Waals surface area contributed by atoms with Gasteiger partial charge in [0.1, 0.15) is 0 Å². The molecule has 0 bridgehead atoms. The normalized spacial score (nSPS) is 11.2. The highest BCUT2D eigenvalue weighted by Gasteiger charge is 2.20. The third kappa shape index (κ3) is 4.86. The maximum absolute atomic E-state index is 2.40. The zero-order valence-corrected chi connectivity index (χ0v) is 24.9. The first-order chi connectivity index (χ1) is 21.8. The molecule has 7 aromatic carbocycles. The van der Waals surface area contributed by atoms with Crippen molar-refractivity contribution >= 4 is 48.6 Å². The molecule has 1 aromatic heterocycles. The number of fused-ring (bicyclic) bond motifs is 3. The fraction of sp³-hybridized carbons (Fsp3) is 0. The molecule has 0 N–H and O–H groups in total. The van der Waals surface area contributed by atoms with Gasteiger partial charge in [-0.05, 0) is 70.3 Å². The van der Waals surface area contributed by atoms with Crippen LogP contribution in [0.1, 0.15) is 0 Å². The molecular formula is C42H29NS. The Morgan fingerprint density at radius 2 is 0.818 bits per heavy atom. The summed E-state index contributed by atoms with van der Waals surface area (Å²) < 4.78 is 2.60. The average molecular weight is 580 g/mol. The highest BCUT2D eigenvalue weighted by Crippen LogP contribution is 2.46. The molecule has 1 heterocycles. The molecule has 0 spiro atoms. The fourth-order valence-electron chi connectivity index (χ4n) is 6.09. The van der Waals surface area contributed by atoms with Gasteiger partial charge < -0.3 is 4.90 Å². The Bertz CT molecular complexity index is 2180. The van der Waals surface area contributed by atoms with Gasteiger partial charge in [0.25, 0.3) is 0 Å².